The van der Waals surface area contributed by atoms with Gasteiger partial charge < -0.3 is 14.2 Å². The van der Waals surface area contributed by atoms with E-state index in [4.69, 9.17) is 14.2 Å². The Morgan fingerprint density at radius 1 is 1.25 bits per heavy atom. The summed E-state index contributed by atoms with van der Waals surface area (Å²) in [6.07, 6.45) is 3.10. The first kappa shape index (κ1) is 16.5. The van der Waals surface area contributed by atoms with E-state index >= 15 is 0 Å². The highest BCUT2D eigenvalue weighted by Gasteiger charge is 2.14. The van der Waals surface area contributed by atoms with E-state index in [0.29, 0.717) is 11.5 Å². The lowest BCUT2D eigenvalue weighted by atomic mass is 10.1. The first-order valence-corrected chi connectivity index (χ1v) is 7.10. The van der Waals surface area contributed by atoms with Crippen molar-refractivity contribution < 1.29 is 19.0 Å². The second kappa shape index (κ2) is 8.59. The smallest absolute Gasteiger partial charge is 0.308 e. The summed E-state index contributed by atoms with van der Waals surface area (Å²) in [7, 11) is 1.56. The molecule has 1 unspecified atom stereocenters. The van der Waals surface area contributed by atoms with Crippen molar-refractivity contribution in [1.82, 2.24) is 0 Å². The minimum Gasteiger partial charge on any atom is -0.493 e. The number of rotatable bonds is 8. The molecular formula is C16H24O4. The van der Waals surface area contributed by atoms with Crippen LogP contribution in [-0.2, 0) is 9.53 Å². The number of esters is 1. The highest BCUT2D eigenvalue weighted by Crippen LogP contribution is 2.32. The van der Waals surface area contributed by atoms with Gasteiger partial charge in [-0.3, -0.25) is 4.79 Å². The number of hydrogen-bond acceptors (Lipinski definition) is 4. The lowest BCUT2D eigenvalue weighted by Gasteiger charge is -2.18. The highest BCUT2D eigenvalue weighted by atomic mass is 16.6. The zero-order valence-corrected chi connectivity index (χ0v) is 12.8. The Kier molecular flexibility index (Phi) is 7.09. The maximum absolute atomic E-state index is 11.0. The average molecular weight is 280 g/mol. The van der Waals surface area contributed by atoms with Crippen molar-refractivity contribution >= 4 is 5.97 Å². The summed E-state index contributed by atoms with van der Waals surface area (Å²) in [6.45, 7) is 6.35. The molecule has 1 aromatic carbocycles. The standard InChI is InChI=1S/C16H24O4/c1-5-7-10-19-14(6-2)13-8-9-15(20-12(3)17)16(11-13)18-4/h8-9,11,14H,5-7,10H2,1-4H3. The van der Waals surface area contributed by atoms with E-state index in [1.807, 2.05) is 12.1 Å². The Hall–Kier alpha value is -1.55. The second-order valence-corrected chi connectivity index (χ2v) is 4.63. The molecule has 0 saturated heterocycles. The van der Waals surface area contributed by atoms with Gasteiger partial charge in [0.2, 0.25) is 0 Å². The molecule has 0 aliphatic rings. The van der Waals surface area contributed by atoms with Crippen molar-refractivity contribution in [3.8, 4) is 11.5 Å². The summed E-state index contributed by atoms with van der Waals surface area (Å²) >= 11 is 0. The van der Waals surface area contributed by atoms with Crippen LogP contribution in [0.5, 0.6) is 11.5 Å². The summed E-state index contributed by atoms with van der Waals surface area (Å²) in [6, 6.07) is 5.54. The van der Waals surface area contributed by atoms with Gasteiger partial charge in [-0.05, 0) is 30.5 Å². The number of unbranched alkanes of at least 4 members (excludes halogenated alkanes) is 1. The van der Waals surface area contributed by atoms with Crippen LogP contribution in [0.1, 0.15) is 51.7 Å². The van der Waals surface area contributed by atoms with Crippen LogP contribution in [0.4, 0.5) is 0 Å². The van der Waals surface area contributed by atoms with E-state index in [-0.39, 0.29) is 12.1 Å². The van der Waals surface area contributed by atoms with Crippen LogP contribution in [0.15, 0.2) is 18.2 Å². The summed E-state index contributed by atoms with van der Waals surface area (Å²) in [5, 5.41) is 0. The van der Waals surface area contributed by atoms with E-state index in [2.05, 4.69) is 13.8 Å². The van der Waals surface area contributed by atoms with E-state index in [9.17, 15) is 4.79 Å². The fourth-order valence-electron chi connectivity index (χ4n) is 1.94. The van der Waals surface area contributed by atoms with Crippen molar-refractivity contribution in [3.05, 3.63) is 23.8 Å². The number of methoxy groups -OCH3 is 1. The molecule has 112 valence electrons. The number of benzene rings is 1. The molecule has 0 aliphatic carbocycles. The highest BCUT2D eigenvalue weighted by molar-refractivity contribution is 5.70. The lowest BCUT2D eigenvalue weighted by molar-refractivity contribution is -0.132. The van der Waals surface area contributed by atoms with Crippen LogP contribution < -0.4 is 9.47 Å². The molecule has 4 nitrogen and oxygen atoms in total. The van der Waals surface area contributed by atoms with Crippen molar-refractivity contribution in [1.29, 1.82) is 0 Å². The van der Waals surface area contributed by atoms with E-state index in [1.165, 1.54) is 6.92 Å². The molecule has 0 radical (unpaired) electrons. The third-order valence-electron chi connectivity index (χ3n) is 3.00. The van der Waals surface area contributed by atoms with Crippen LogP contribution >= 0.6 is 0 Å². The summed E-state index contributed by atoms with van der Waals surface area (Å²) < 4.78 is 16.2. The largest absolute Gasteiger partial charge is 0.493 e. The normalized spacial score (nSPS) is 12.0. The van der Waals surface area contributed by atoms with Crippen molar-refractivity contribution in [2.24, 2.45) is 0 Å². The molecule has 0 heterocycles. The molecule has 0 spiro atoms. The molecule has 0 aromatic heterocycles. The fraction of sp³-hybridized carbons (Fsp3) is 0.562. The van der Waals surface area contributed by atoms with Crippen LogP contribution in [0.25, 0.3) is 0 Å². The molecule has 0 saturated carbocycles. The van der Waals surface area contributed by atoms with Gasteiger partial charge in [0.1, 0.15) is 0 Å². The predicted molar refractivity (Wildman–Crippen MR) is 78.2 cm³/mol. The Morgan fingerprint density at radius 3 is 2.55 bits per heavy atom. The third kappa shape index (κ3) is 4.85. The Balaban J connectivity index is 2.86. The van der Waals surface area contributed by atoms with Crippen molar-refractivity contribution in [2.45, 2.75) is 46.1 Å². The van der Waals surface area contributed by atoms with Gasteiger partial charge in [-0.2, -0.15) is 0 Å². The monoisotopic (exact) mass is 280 g/mol. The Labute approximate surface area is 121 Å². The lowest BCUT2D eigenvalue weighted by Crippen LogP contribution is -2.07. The van der Waals surface area contributed by atoms with Crippen LogP contribution in [0.2, 0.25) is 0 Å². The number of carbonyl (C=O) groups is 1. The molecule has 1 rings (SSSR count). The van der Waals surface area contributed by atoms with E-state index in [0.717, 1.165) is 31.4 Å². The summed E-state index contributed by atoms with van der Waals surface area (Å²) in [4.78, 5) is 11.0. The van der Waals surface area contributed by atoms with Gasteiger partial charge in [0, 0.05) is 13.5 Å². The first-order valence-electron chi connectivity index (χ1n) is 7.10. The topological polar surface area (TPSA) is 44.8 Å². The predicted octanol–water partition coefficient (Wildman–Crippen LogP) is 3.89. The molecule has 4 heteroatoms. The maximum Gasteiger partial charge on any atom is 0.308 e. The molecular weight excluding hydrogens is 256 g/mol. The van der Waals surface area contributed by atoms with Crippen LogP contribution in [0, 0.1) is 0 Å². The van der Waals surface area contributed by atoms with Gasteiger partial charge in [-0.15, -0.1) is 0 Å². The number of carbonyl (C=O) groups excluding carboxylic acids is 1. The van der Waals surface area contributed by atoms with Gasteiger partial charge in [0.25, 0.3) is 0 Å². The van der Waals surface area contributed by atoms with Gasteiger partial charge in [0.15, 0.2) is 11.5 Å². The zero-order chi connectivity index (χ0) is 15.0. The quantitative estimate of drug-likeness (QED) is 0.412. The molecule has 0 aliphatic heterocycles. The first-order chi connectivity index (χ1) is 9.62. The summed E-state index contributed by atoms with van der Waals surface area (Å²) in [5.41, 5.74) is 1.04. The molecule has 1 atom stereocenters. The summed E-state index contributed by atoms with van der Waals surface area (Å²) in [5.74, 6) is 0.629. The van der Waals surface area contributed by atoms with Crippen LogP contribution in [-0.4, -0.2) is 19.7 Å². The average Bonchev–Trinajstić information content (AvgIpc) is 2.44. The molecule has 20 heavy (non-hydrogen) atoms. The Bertz CT molecular complexity index is 428. The fourth-order valence-corrected chi connectivity index (χ4v) is 1.94. The minimum absolute atomic E-state index is 0.0434. The number of ether oxygens (including phenoxy) is 3. The van der Waals surface area contributed by atoms with Gasteiger partial charge >= 0.3 is 5.97 Å². The van der Waals surface area contributed by atoms with Gasteiger partial charge in [0.05, 0.1) is 13.2 Å². The molecule has 0 amide bonds. The molecule has 0 fully saturated rings. The minimum atomic E-state index is -0.359. The van der Waals surface area contributed by atoms with E-state index in [1.54, 1.807) is 13.2 Å². The second-order valence-electron chi connectivity index (χ2n) is 4.63. The number of hydrogen-bond donors (Lipinski definition) is 0. The van der Waals surface area contributed by atoms with Crippen LogP contribution in [0.3, 0.4) is 0 Å². The SMILES string of the molecule is CCCCOC(CC)c1ccc(OC(C)=O)c(OC)c1. The Morgan fingerprint density at radius 2 is 2.00 bits per heavy atom. The molecule has 0 bridgehead atoms. The third-order valence-corrected chi connectivity index (χ3v) is 3.00. The van der Waals surface area contributed by atoms with E-state index < -0.39 is 0 Å². The molecule has 0 N–H and O–H groups in total. The zero-order valence-electron chi connectivity index (χ0n) is 12.8. The van der Waals surface area contributed by atoms with Crippen molar-refractivity contribution in [3.63, 3.8) is 0 Å². The molecule has 1 aromatic rings. The van der Waals surface area contributed by atoms with Gasteiger partial charge in [-0.25, -0.2) is 0 Å². The van der Waals surface area contributed by atoms with Gasteiger partial charge in [-0.1, -0.05) is 26.3 Å². The maximum atomic E-state index is 11.0. The van der Waals surface area contributed by atoms with Crippen molar-refractivity contribution in [2.75, 3.05) is 13.7 Å².